The summed E-state index contributed by atoms with van der Waals surface area (Å²) in [6, 6.07) is 9.02. The van der Waals surface area contributed by atoms with Gasteiger partial charge >= 0.3 is 0 Å². The quantitative estimate of drug-likeness (QED) is 0.894. The zero-order valence-electron chi connectivity index (χ0n) is 10.3. The molecule has 1 nitrogen and oxygen atoms in total. The largest absolute Gasteiger partial charge is 0.388 e. The summed E-state index contributed by atoms with van der Waals surface area (Å²) >= 11 is 5.67. The number of aliphatic hydroxyl groups excluding tert-OH is 1. The summed E-state index contributed by atoms with van der Waals surface area (Å²) in [5.74, 6) is -1.07. The van der Waals surface area contributed by atoms with Gasteiger partial charge in [-0.05, 0) is 24.6 Å². The highest BCUT2D eigenvalue weighted by molar-refractivity contribution is 6.30. The molecule has 0 bridgehead atoms. The van der Waals surface area contributed by atoms with Gasteiger partial charge in [-0.2, -0.15) is 0 Å². The molecule has 1 N–H and O–H groups in total. The number of rotatable bonds is 3. The molecule has 0 saturated carbocycles. The second-order valence-corrected chi connectivity index (χ2v) is 4.87. The van der Waals surface area contributed by atoms with Crippen LogP contribution in [0.25, 0.3) is 0 Å². The topological polar surface area (TPSA) is 20.2 Å². The molecule has 2 rings (SSSR count). The lowest BCUT2D eigenvalue weighted by Crippen LogP contribution is -2.06. The standard InChI is InChI=1S/C15H13ClF2O/c1-9-5-6-13(17)11(7-9)14(19)8-10-3-2-4-12(16)15(10)18/h2-7,14,19H,8H2,1H3. The van der Waals surface area contributed by atoms with Crippen molar-refractivity contribution in [1.82, 2.24) is 0 Å². The van der Waals surface area contributed by atoms with E-state index in [2.05, 4.69) is 0 Å². The third-order valence-electron chi connectivity index (χ3n) is 2.96. The van der Waals surface area contributed by atoms with Gasteiger partial charge in [0.2, 0.25) is 0 Å². The number of aryl methyl sites for hydroxylation is 1. The Balaban J connectivity index is 2.28. The van der Waals surface area contributed by atoms with Crippen LogP contribution in [0.4, 0.5) is 8.78 Å². The van der Waals surface area contributed by atoms with E-state index in [1.54, 1.807) is 25.1 Å². The van der Waals surface area contributed by atoms with E-state index in [4.69, 9.17) is 11.6 Å². The molecule has 0 aliphatic rings. The molecule has 4 heteroatoms. The summed E-state index contributed by atoms with van der Waals surface area (Å²) in [5, 5.41) is 10.0. The molecule has 0 aromatic heterocycles. The predicted molar refractivity (Wildman–Crippen MR) is 71.2 cm³/mol. The summed E-state index contributed by atoms with van der Waals surface area (Å²) in [7, 11) is 0. The van der Waals surface area contributed by atoms with Gasteiger partial charge in [-0.3, -0.25) is 0 Å². The summed E-state index contributed by atoms with van der Waals surface area (Å²) in [5.41, 5.74) is 1.27. The maximum absolute atomic E-state index is 13.7. The van der Waals surface area contributed by atoms with Crippen molar-refractivity contribution in [2.24, 2.45) is 0 Å². The van der Waals surface area contributed by atoms with E-state index in [0.29, 0.717) is 0 Å². The van der Waals surface area contributed by atoms with E-state index in [1.807, 2.05) is 0 Å². The first-order valence-electron chi connectivity index (χ1n) is 5.86. The highest BCUT2D eigenvalue weighted by Crippen LogP contribution is 2.25. The van der Waals surface area contributed by atoms with Gasteiger partial charge < -0.3 is 5.11 Å². The van der Waals surface area contributed by atoms with Gasteiger partial charge in [-0.15, -0.1) is 0 Å². The fourth-order valence-electron chi connectivity index (χ4n) is 1.94. The zero-order valence-corrected chi connectivity index (χ0v) is 11.1. The summed E-state index contributed by atoms with van der Waals surface area (Å²) in [6.07, 6.45) is -1.12. The Bertz CT molecular complexity index is 599. The molecule has 0 heterocycles. The van der Waals surface area contributed by atoms with E-state index in [1.165, 1.54) is 18.2 Å². The first kappa shape index (κ1) is 14.0. The van der Waals surface area contributed by atoms with E-state index in [-0.39, 0.29) is 22.6 Å². The van der Waals surface area contributed by atoms with Crippen molar-refractivity contribution < 1.29 is 13.9 Å². The minimum atomic E-state index is -1.10. The average Bonchev–Trinajstić information content (AvgIpc) is 2.38. The zero-order chi connectivity index (χ0) is 14.0. The SMILES string of the molecule is Cc1ccc(F)c(C(O)Cc2cccc(Cl)c2F)c1. The van der Waals surface area contributed by atoms with Crippen LogP contribution >= 0.6 is 11.6 Å². The Morgan fingerprint density at radius 1 is 1.21 bits per heavy atom. The maximum Gasteiger partial charge on any atom is 0.145 e. The minimum absolute atomic E-state index is 0.00517. The van der Waals surface area contributed by atoms with Gasteiger partial charge in [0.05, 0.1) is 11.1 Å². The molecular formula is C15H13ClF2O. The fraction of sp³-hybridized carbons (Fsp3) is 0.200. The first-order valence-corrected chi connectivity index (χ1v) is 6.24. The summed E-state index contributed by atoms with van der Waals surface area (Å²) < 4.78 is 27.3. The van der Waals surface area contributed by atoms with Gasteiger partial charge in [-0.25, -0.2) is 8.78 Å². The molecule has 2 aromatic carbocycles. The second-order valence-electron chi connectivity index (χ2n) is 4.46. The van der Waals surface area contributed by atoms with Crippen LogP contribution in [0.1, 0.15) is 22.8 Å². The monoisotopic (exact) mass is 282 g/mol. The number of halogens is 3. The van der Waals surface area contributed by atoms with Gasteiger partial charge in [0, 0.05) is 12.0 Å². The number of hydrogen-bond acceptors (Lipinski definition) is 1. The van der Waals surface area contributed by atoms with Crippen LogP contribution in [-0.2, 0) is 6.42 Å². The van der Waals surface area contributed by atoms with Gasteiger partial charge in [0.25, 0.3) is 0 Å². The molecular weight excluding hydrogens is 270 g/mol. The van der Waals surface area contributed by atoms with Crippen molar-refractivity contribution in [2.45, 2.75) is 19.4 Å². The molecule has 1 atom stereocenters. The van der Waals surface area contributed by atoms with E-state index in [0.717, 1.165) is 5.56 Å². The Hall–Kier alpha value is -1.45. The van der Waals surface area contributed by atoms with Crippen molar-refractivity contribution in [2.75, 3.05) is 0 Å². The Morgan fingerprint density at radius 3 is 2.68 bits per heavy atom. The van der Waals surface area contributed by atoms with Crippen LogP contribution in [0.5, 0.6) is 0 Å². The van der Waals surface area contributed by atoms with Crippen molar-refractivity contribution in [1.29, 1.82) is 0 Å². The van der Waals surface area contributed by atoms with Crippen LogP contribution in [0, 0.1) is 18.6 Å². The molecule has 0 aliphatic carbocycles. The third kappa shape index (κ3) is 3.11. The average molecular weight is 283 g/mol. The summed E-state index contributed by atoms with van der Waals surface area (Å²) in [4.78, 5) is 0. The van der Waals surface area contributed by atoms with Crippen LogP contribution in [0.3, 0.4) is 0 Å². The highest BCUT2D eigenvalue weighted by Gasteiger charge is 2.16. The second kappa shape index (κ2) is 5.68. The lowest BCUT2D eigenvalue weighted by molar-refractivity contribution is 0.172. The molecule has 0 spiro atoms. The molecule has 0 radical (unpaired) electrons. The summed E-state index contributed by atoms with van der Waals surface area (Å²) in [6.45, 7) is 1.80. The normalized spacial score (nSPS) is 12.5. The molecule has 0 amide bonds. The van der Waals surface area contributed by atoms with Crippen molar-refractivity contribution in [3.05, 3.63) is 69.7 Å². The molecule has 0 aliphatic heterocycles. The lowest BCUT2D eigenvalue weighted by Gasteiger charge is -2.13. The Labute approximate surface area is 115 Å². The van der Waals surface area contributed by atoms with Crippen LogP contribution < -0.4 is 0 Å². The number of benzene rings is 2. The smallest absolute Gasteiger partial charge is 0.145 e. The number of hydrogen-bond donors (Lipinski definition) is 1. The molecule has 1 unspecified atom stereocenters. The van der Waals surface area contributed by atoms with Crippen molar-refractivity contribution in [3.8, 4) is 0 Å². The van der Waals surface area contributed by atoms with Crippen molar-refractivity contribution in [3.63, 3.8) is 0 Å². The highest BCUT2D eigenvalue weighted by atomic mass is 35.5. The number of aliphatic hydroxyl groups is 1. The third-order valence-corrected chi connectivity index (χ3v) is 3.25. The van der Waals surface area contributed by atoms with Gasteiger partial charge in [0.1, 0.15) is 11.6 Å². The minimum Gasteiger partial charge on any atom is -0.388 e. The van der Waals surface area contributed by atoms with E-state index >= 15 is 0 Å². The van der Waals surface area contributed by atoms with Gasteiger partial charge in [0.15, 0.2) is 0 Å². The molecule has 0 fully saturated rings. The molecule has 2 aromatic rings. The maximum atomic E-state index is 13.7. The van der Waals surface area contributed by atoms with Crippen LogP contribution in [-0.4, -0.2) is 5.11 Å². The van der Waals surface area contributed by atoms with Gasteiger partial charge in [-0.1, -0.05) is 41.4 Å². The lowest BCUT2D eigenvalue weighted by atomic mass is 9.99. The van der Waals surface area contributed by atoms with Crippen LogP contribution in [0.2, 0.25) is 5.02 Å². The van der Waals surface area contributed by atoms with Crippen LogP contribution in [0.15, 0.2) is 36.4 Å². The van der Waals surface area contributed by atoms with E-state index < -0.39 is 17.7 Å². The van der Waals surface area contributed by atoms with E-state index in [9.17, 15) is 13.9 Å². The molecule has 19 heavy (non-hydrogen) atoms. The molecule has 100 valence electrons. The predicted octanol–water partition coefficient (Wildman–Crippen LogP) is 4.20. The Morgan fingerprint density at radius 2 is 1.95 bits per heavy atom. The Kier molecular flexibility index (Phi) is 4.17. The molecule has 0 saturated heterocycles. The fourth-order valence-corrected chi connectivity index (χ4v) is 2.14. The first-order chi connectivity index (χ1) is 8.99. The van der Waals surface area contributed by atoms with Crippen molar-refractivity contribution >= 4 is 11.6 Å².